The number of carbonyl (C=O) groups excluding carboxylic acids is 2. The van der Waals surface area contributed by atoms with E-state index >= 15 is 0 Å². The van der Waals surface area contributed by atoms with E-state index in [4.69, 9.17) is 0 Å². The van der Waals surface area contributed by atoms with Crippen molar-refractivity contribution >= 4 is 33.4 Å². The number of aryl methyl sites for hydroxylation is 1. The zero-order valence-corrected chi connectivity index (χ0v) is 21.8. The van der Waals surface area contributed by atoms with Crippen LogP contribution in [-0.4, -0.2) is 23.3 Å². The summed E-state index contributed by atoms with van der Waals surface area (Å²) >= 11 is 0. The lowest BCUT2D eigenvalue weighted by molar-refractivity contribution is 0.0651. The van der Waals surface area contributed by atoms with Crippen LogP contribution in [0.4, 0.5) is 0 Å². The molecule has 0 N–H and O–H groups in total. The number of rotatable bonds is 13. The summed E-state index contributed by atoms with van der Waals surface area (Å²) in [6.45, 7) is 0.541. The van der Waals surface area contributed by atoms with Crippen molar-refractivity contribution < 1.29 is 9.59 Å². The van der Waals surface area contributed by atoms with Crippen LogP contribution < -0.4 is 0 Å². The van der Waals surface area contributed by atoms with Gasteiger partial charge >= 0.3 is 0 Å². The molecule has 0 saturated carbocycles. The topological polar surface area (TPSA) is 37.4 Å². The van der Waals surface area contributed by atoms with Crippen LogP contribution in [0.2, 0.25) is 0 Å². The molecule has 0 bridgehead atoms. The van der Waals surface area contributed by atoms with Crippen molar-refractivity contribution in [3.63, 3.8) is 0 Å². The second-order valence-electron chi connectivity index (χ2n) is 10.4. The number of amides is 2. The van der Waals surface area contributed by atoms with Crippen LogP contribution in [0.3, 0.4) is 0 Å². The number of imide groups is 1. The van der Waals surface area contributed by atoms with Crippen molar-refractivity contribution in [2.45, 2.75) is 70.6 Å². The second-order valence-corrected chi connectivity index (χ2v) is 10.4. The first-order chi connectivity index (χ1) is 18.2. The van der Waals surface area contributed by atoms with E-state index in [0.717, 1.165) is 19.3 Å². The Kier molecular flexibility index (Phi) is 8.30. The van der Waals surface area contributed by atoms with Crippen molar-refractivity contribution in [3.05, 3.63) is 95.6 Å². The van der Waals surface area contributed by atoms with E-state index in [1.165, 1.54) is 83.4 Å². The summed E-state index contributed by atoms with van der Waals surface area (Å²) in [6.07, 6.45) is 13.3. The summed E-state index contributed by atoms with van der Waals surface area (Å²) < 4.78 is 0. The van der Waals surface area contributed by atoms with Crippen LogP contribution in [-0.2, 0) is 6.42 Å². The van der Waals surface area contributed by atoms with Gasteiger partial charge in [-0.2, -0.15) is 0 Å². The van der Waals surface area contributed by atoms with Crippen LogP contribution in [0.15, 0.2) is 78.9 Å². The molecule has 0 aliphatic carbocycles. The van der Waals surface area contributed by atoms with Crippen molar-refractivity contribution in [3.8, 4) is 0 Å². The van der Waals surface area contributed by atoms with Gasteiger partial charge in [-0.05, 0) is 58.5 Å². The normalized spacial score (nSPS) is 13.1. The summed E-state index contributed by atoms with van der Waals surface area (Å²) in [5.74, 6) is -0.260. The van der Waals surface area contributed by atoms with Crippen LogP contribution in [0.5, 0.6) is 0 Å². The Morgan fingerprint density at radius 2 is 0.973 bits per heavy atom. The molecule has 0 atom stereocenters. The highest BCUT2D eigenvalue weighted by molar-refractivity contribution is 6.21. The first kappa shape index (κ1) is 25.2. The van der Waals surface area contributed by atoms with E-state index in [1.807, 2.05) is 12.1 Å². The highest BCUT2D eigenvalue weighted by Gasteiger charge is 2.34. The Morgan fingerprint density at radius 3 is 1.62 bits per heavy atom. The van der Waals surface area contributed by atoms with Crippen molar-refractivity contribution in [1.29, 1.82) is 0 Å². The standard InChI is InChI=1S/C34H37NO2/c36-33-31-22-14-15-23-32(31)34(37)35(33)24-16-8-6-4-2-1-3-5-7-9-17-26-25-27-18-10-11-19-28(27)30-21-13-12-20-29(26)30/h10-15,18-23,25H,1-9,16-17,24H2. The van der Waals surface area contributed by atoms with E-state index in [2.05, 4.69) is 54.6 Å². The van der Waals surface area contributed by atoms with Crippen LogP contribution in [0.25, 0.3) is 21.5 Å². The SMILES string of the molecule is O=C1c2ccccc2C(=O)N1CCCCCCCCCCCCc1cc2ccccc2c2ccccc12. The number of benzene rings is 4. The largest absolute Gasteiger partial charge is 0.274 e. The fraction of sp³-hybridized carbons (Fsp3) is 0.353. The minimum Gasteiger partial charge on any atom is -0.274 e. The Balaban J connectivity index is 0.938. The summed E-state index contributed by atoms with van der Waals surface area (Å²) in [4.78, 5) is 26.3. The average Bonchev–Trinajstić information content (AvgIpc) is 3.18. The minimum atomic E-state index is -0.130. The lowest BCUT2D eigenvalue weighted by atomic mass is 9.94. The van der Waals surface area contributed by atoms with E-state index in [1.54, 1.807) is 12.1 Å². The molecule has 0 aromatic heterocycles. The smallest absolute Gasteiger partial charge is 0.261 e. The van der Waals surface area contributed by atoms with Gasteiger partial charge in [-0.3, -0.25) is 14.5 Å². The van der Waals surface area contributed by atoms with Gasteiger partial charge in [-0.15, -0.1) is 0 Å². The van der Waals surface area contributed by atoms with Gasteiger partial charge in [0.25, 0.3) is 11.8 Å². The highest BCUT2D eigenvalue weighted by Crippen LogP contribution is 2.30. The van der Waals surface area contributed by atoms with Crippen molar-refractivity contribution in [2.24, 2.45) is 0 Å². The molecule has 0 radical (unpaired) electrons. The van der Waals surface area contributed by atoms with Gasteiger partial charge in [0.15, 0.2) is 0 Å². The summed E-state index contributed by atoms with van der Waals surface area (Å²) in [6, 6.07) is 27.1. The molecular formula is C34H37NO2. The van der Waals surface area contributed by atoms with E-state index in [9.17, 15) is 9.59 Å². The molecule has 4 aromatic rings. The number of hydrogen-bond acceptors (Lipinski definition) is 2. The van der Waals surface area contributed by atoms with Gasteiger partial charge in [0.1, 0.15) is 0 Å². The third kappa shape index (κ3) is 5.77. The lowest BCUT2D eigenvalue weighted by Gasteiger charge is -2.13. The zero-order valence-electron chi connectivity index (χ0n) is 21.8. The van der Waals surface area contributed by atoms with E-state index in [-0.39, 0.29) is 11.8 Å². The number of carbonyl (C=O) groups is 2. The Morgan fingerprint density at radius 1 is 0.486 bits per heavy atom. The molecule has 1 aliphatic heterocycles. The summed E-state index contributed by atoms with van der Waals surface area (Å²) in [5, 5.41) is 5.48. The molecule has 37 heavy (non-hydrogen) atoms. The van der Waals surface area contributed by atoms with Gasteiger partial charge in [-0.25, -0.2) is 0 Å². The van der Waals surface area contributed by atoms with E-state index in [0.29, 0.717) is 17.7 Å². The Bertz CT molecular complexity index is 1350. The molecule has 1 aliphatic rings. The maximum absolute atomic E-state index is 12.4. The summed E-state index contributed by atoms with van der Waals surface area (Å²) in [5.41, 5.74) is 2.59. The predicted molar refractivity (Wildman–Crippen MR) is 153 cm³/mol. The third-order valence-corrected chi connectivity index (χ3v) is 7.81. The Labute approximate surface area is 220 Å². The maximum Gasteiger partial charge on any atom is 0.261 e. The molecule has 3 nitrogen and oxygen atoms in total. The van der Waals surface area contributed by atoms with Gasteiger partial charge in [-0.1, -0.05) is 118 Å². The first-order valence-corrected chi connectivity index (χ1v) is 14.1. The molecule has 4 aromatic carbocycles. The quantitative estimate of drug-likeness (QED) is 0.106. The molecule has 2 amide bonds. The fourth-order valence-corrected chi connectivity index (χ4v) is 5.78. The minimum absolute atomic E-state index is 0.130. The molecule has 1 heterocycles. The number of nitrogens with zero attached hydrogens (tertiary/aromatic N) is 1. The van der Waals surface area contributed by atoms with Gasteiger partial charge in [0.05, 0.1) is 11.1 Å². The fourth-order valence-electron chi connectivity index (χ4n) is 5.78. The van der Waals surface area contributed by atoms with Gasteiger partial charge in [0, 0.05) is 6.54 Å². The Hall–Kier alpha value is -3.46. The molecular weight excluding hydrogens is 454 g/mol. The molecule has 190 valence electrons. The van der Waals surface area contributed by atoms with E-state index < -0.39 is 0 Å². The maximum atomic E-state index is 12.4. The molecule has 0 fully saturated rings. The van der Waals surface area contributed by atoms with Crippen molar-refractivity contribution in [1.82, 2.24) is 4.90 Å². The molecule has 0 saturated heterocycles. The molecule has 3 heteroatoms. The highest BCUT2D eigenvalue weighted by atomic mass is 16.2. The monoisotopic (exact) mass is 491 g/mol. The lowest BCUT2D eigenvalue weighted by Crippen LogP contribution is -2.30. The second kappa shape index (κ2) is 12.2. The van der Waals surface area contributed by atoms with Crippen molar-refractivity contribution in [2.75, 3.05) is 6.54 Å². The molecule has 5 rings (SSSR count). The number of fused-ring (bicyclic) bond motifs is 4. The third-order valence-electron chi connectivity index (χ3n) is 7.81. The van der Waals surface area contributed by atoms with Crippen LogP contribution in [0.1, 0.15) is 90.5 Å². The van der Waals surface area contributed by atoms with Gasteiger partial charge < -0.3 is 0 Å². The number of hydrogen-bond donors (Lipinski definition) is 0. The summed E-state index contributed by atoms with van der Waals surface area (Å²) in [7, 11) is 0. The average molecular weight is 492 g/mol. The van der Waals surface area contributed by atoms with Crippen LogP contribution >= 0.6 is 0 Å². The van der Waals surface area contributed by atoms with Gasteiger partial charge in [0.2, 0.25) is 0 Å². The van der Waals surface area contributed by atoms with Crippen LogP contribution in [0, 0.1) is 0 Å². The predicted octanol–water partition coefficient (Wildman–Crippen LogP) is 8.73. The first-order valence-electron chi connectivity index (χ1n) is 14.1. The molecule has 0 spiro atoms. The zero-order chi connectivity index (χ0) is 25.5. The molecule has 0 unspecified atom stereocenters. The number of unbranched alkanes of at least 4 members (excludes halogenated alkanes) is 9.